The topological polar surface area (TPSA) is 0 Å². The summed E-state index contributed by atoms with van der Waals surface area (Å²) in [7, 11) is 0. The summed E-state index contributed by atoms with van der Waals surface area (Å²) in [5.41, 5.74) is 0. The van der Waals surface area contributed by atoms with Gasteiger partial charge in [-0.2, -0.15) is 0 Å². The van der Waals surface area contributed by atoms with Crippen molar-refractivity contribution in [3.05, 3.63) is 0 Å². The first-order valence-electron chi connectivity index (χ1n) is 5.88. The molecule has 4 fully saturated rings. The summed E-state index contributed by atoms with van der Waals surface area (Å²) in [6.45, 7) is 0. The molecular formula is C12H20S2. The van der Waals surface area contributed by atoms with Gasteiger partial charge in [0.15, 0.2) is 0 Å². The molecule has 80 valence electrons. The average Bonchev–Trinajstić information content (AvgIpc) is 2.18. The number of thioether (sulfide) groups is 2. The Morgan fingerprint density at radius 3 is 1.57 bits per heavy atom. The van der Waals surface area contributed by atoms with E-state index in [4.69, 9.17) is 0 Å². The van der Waals surface area contributed by atoms with Gasteiger partial charge < -0.3 is 0 Å². The smallest absolute Gasteiger partial charge is 0.0661 e. The number of hydrogen-bond donors (Lipinski definition) is 0. The molecular weight excluding hydrogens is 208 g/mol. The highest BCUT2D eigenvalue weighted by Crippen LogP contribution is 2.65. The SMILES string of the molecule is CSC1(SC)C2CC3CC(C2)CC1C3. The molecule has 0 spiro atoms. The molecule has 4 aliphatic carbocycles. The van der Waals surface area contributed by atoms with E-state index in [1.807, 2.05) is 0 Å². The van der Waals surface area contributed by atoms with E-state index in [2.05, 4.69) is 36.0 Å². The monoisotopic (exact) mass is 228 g/mol. The number of hydrogen-bond acceptors (Lipinski definition) is 2. The van der Waals surface area contributed by atoms with Crippen molar-refractivity contribution in [1.29, 1.82) is 0 Å². The summed E-state index contributed by atoms with van der Waals surface area (Å²) >= 11 is 4.34. The fourth-order valence-corrected chi connectivity index (χ4v) is 7.36. The summed E-state index contributed by atoms with van der Waals surface area (Å²) in [5, 5.41) is 0. The summed E-state index contributed by atoms with van der Waals surface area (Å²) < 4.78 is 0.618. The molecule has 0 radical (unpaired) electrons. The Kier molecular flexibility index (Phi) is 2.36. The lowest BCUT2D eigenvalue weighted by molar-refractivity contribution is 0.0157. The van der Waals surface area contributed by atoms with Gasteiger partial charge in [-0.25, -0.2) is 0 Å². The molecule has 0 unspecified atom stereocenters. The lowest BCUT2D eigenvalue weighted by atomic mass is 9.56. The molecule has 0 saturated heterocycles. The van der Waals surface area contributed by atoms with E-state index in [0.717, 1.165) is 23.7 Å². The minimum absolute atomic E-state index is 0.618. The lowest BCUT2D eigenvalue weighted by Gasteiger charge is -2.60. The van der Waals surface area contributed by atoms with Gasteiger partial charge in [0.25, 0.3) is 0 Å². The molecule has 4 saturated carbocycles. The zero-order chi connectivity index (χ0) is 9.76. The van der Waals surface area contributed by atoms with Crippen LogP contribution in [-0.4, -0.2) is 16.6 Å². The van der Waals surface area contributed by atoms with Crippen molar-refractivity contribution in [1.82, 2.24) is 0 Å². The highest BCUT2D eigenvalue weighted by atomic mass is 32.2. The Balaban J connectivity index is 1.93. The van der Waals surface area contributed by atoms with Gasteiger partial charge in [0, 0.05) is 0 Å². The van der Waals surface area contributed by atoms with E-state index in [-0.39, 0.29) is 0 Å². The minimum atomic E-state index is 0.618. The summed E-state index contributed by atoms with van der Waals surface area (Å²) in [4.78, 5) is 0. The Bertz CT molecular complexity index is 202. The van der Waals surface area contributed by atoms with Gasteiger partial charge in [0.2, 0.25) is 0 Å². The molecule has 4 bridgehead atoms. The van der Waals surface area contributed by atoms with Crippen LogP contribution in [0.3, 0.4) is 0 Å². The Labute approximate surface area is 96.0 Å². The maximum absolute atomic E-state index is 2.35. The maximum Gasteiger partial charge on any atom is 0.0661 e. The Morgan fingerprint density at radius 2 is 1.21 bits per heavy atom. The molecule has 0 aliphatic heterocycles. The molecule has 0 N–H and O–H groups in total. The van der Waals surface area contributed by atoms with Crippen LogP contribution in [0.1, 0.15) is 32.1 Å². The van der Waals surface area contributed by atoms with Gasteiger partial charge in [-0.3, -0.25) is 0 Å². The third-order valence-corrected chi connectivity index (χ3v) is 8.52. The normalized spacial score (nSPS) is 48.4. The molecule has 4 aliphatic rings. The second-order valence-electron chi connectivity index (χ2n) is 5.43. The van der Waals surface area contributed by atoms with Crippen LogP contribution in [0.2, 0.25) is 0 Å². The summed E-state index contributed by atoms with van der Waals surface area (Å²) in [6.07, 6.45) is 12.5. The summed E-state index contributed by atoms with van der Waals surface area (Å²) in [5.74, 6) is 4.32. The first-order valence-corrected chi connectivity index (χ1v) is 8.33. The van der Waals surface area contributed by atoms with Gasteiger partial charge in [0.1, 0.15) is 0 Å². The van der Waals surface area contributed by atoms with E-state index >= 15 is 0 Å². The van der Waals surface area contributed by atoms with Crippen molar-refractivity contribution < 1.29 is 0 Å². The highest BCUT2D eigenvalue weighted by Gasteiger charge is 2.56. The van der Waals surface area contributed by atoms with Crippen LogP contribution in [0.15, 0.2) is 0 Å². The molecule has 0 heterocycles. The second kappa shape index (κ2) is 3.35. The lowest BCUT2D eigenvalue weighted by Crippen LogP contribution is -2.53. The van der Waals surface area contributed by atoms with E-state index in [1.54, 1.807) is 32.1 Å². The predicted octanol–water partition coefficient (Wildman–Crippen LogP) is 3.86. The van der Waals surface area contributed by atoms with Gasteiger partial charge in [0.05, 0.1) is 4.08 Å². The van der Waals surface area contributed by atoms with Crippen molar-refractivity contribution in [3.8, 4) is 0 Å². The van der Waals surface area contributed by atoms with Crippen molar-refractivity contribution in [2.75, 3.05) is 12.5 Å². The molecule has 0 amide bonds. The third-order valence-electron chi connectivity index (χ3n) is 4.91. The van der Waals surface area contributed by atoms with Crippen LogP contribution in [0, 0.1) is 23.7 Å². The maximum atomic E-state index is 2.35. The quantitative estimate of drug-likeness (QED) is 0.658. The van der Waals surface area contributed by atoms with Crippen molar-refractivity contribution >= 4 is 23.5 Å². The van der Waals surface area contributed by atoms with Gasteiger partial charge in [-0.05, 0) is 68.3 Å². The first-order chi connectivity index (χ1) is 6.78. The minimum Gasteiger partial charge on any atom is -0.147 e. The van der Waals surface area contributed by atoms with Crippen LogP contribution < -0.4 is 0 Å². The van der Waals surface area contributed by atoms with Crippen LogP contribution in [0.4, 0.5) is 0 Å². The van der Waals surface area contributed by atoms with Crippen molar-refractivity contribution in [3.63, 3.8) is 0 Å². The number of rotatable bonds is 2. The molecule has 0 nitrogen and oxygen atoms in total. The molecule has 0 aromatic carbocycles. The van der Waals surface area contributed by atoms with Gasteiger partial charge >= 0.3 is 0 Å². The first kappa shape index (κ1) is 9.89. The van der Waals surface area contributed by atoms with Crippen LogP contribution >= 0.6 is 23.5 Å². The Hall–Kier alpha value is 0.700. The predicted molar refractivity (Wildman–Crippen MR) is 66.8 cm³/mol. The van der Waals surface area contributed by atoms with Gasteiger partial charge in [-0.1, -0.05) is 0 Å². The third kappa shape index (κ3) is 1.16. The van der Waals surface area contributed by atoms with Crippen LogP contribution in [0.5, 0.6) is 0 Å². The standard InChI is InChI=1S/C12H20S2/c1-13-12(14-2)10-4-8-3-9(6-10)7-11(12)5-8/h8-11H,3-7H2,1-2H3. The van der Waals surface area contributed by atoms with Crippen LogP contribution in [0.25, 0.3) is 0 Å². The second-order valence-corrected chi connectivity index (χ2v) is 7.86. The van der Waals surface area contributed by atoms with E-state index in [0.29, 0.717) is 4.08 Å². The molecule has 0 aromatic rings. The van der Waals surface area contributed by atoms with Gasteiger partial charge in [-0.15, -0.1) is 23.5 Å². The summed E-state index contributed by atoms with van der Waals surface area (Å²) in [6, 6.07) is 0. The van der Waals surface area contributed by atoms with E-state index in [9.17, 15) is 0 Å². The van der Waals surface area contributed by atoms with E-state index in [1.165, 1.54) is 0 Å². The zero-order valence-electron chi connectivity index (χ0n) is 9.16. The van der Waals surface area contributed by atoms with Crippen molar-refractivity contribution in [2.24, 2.45) is 23.7 Å². The highest BCUT2D eigenvalue weighted by molar-refractivity contribution is 8.17. The van der Waals surface area contributed by atoms with Crippen LogP contribution in [-0.2, 0) is 0 Å². The molecule has 0 atom stereocenters. The molecule has 14 heavy (non-hydrogen) atoms. The van der Waals surface area contributed by atoms with E-state index < -0.39 is 0 Å². The van der Waals surface area contributed by atoms with Crippen molar-refractivity contribution in [2.45, 2.75) is 36.2 Å². The fraction of sp³-hybridized carbons (Fsp3) is 1.00. The largest absolute Gasteiger partial charge is 0.147 e. The fourth-order valence-electron chi connectivity index (χ4n) is 4.59. The zero-order valence-corrected chi connectivity index (χ0v) is 10.8. The molecule has 2 heteroatoms. The molecule has 0 aromatic heterocycles. The Morgan fingerprint density at radius 1 is 0.786 bits per heavy atom. The molecule has 4 rings (SSSR count). The average molecular weight is 228 g/mol.